The van der Waals surface area contributed by atoms with Crippen molar-refractivity contribution in [3.05, 3.63) is 42.5 Å². The SMILES string of the molecule is COCCc1nc(-c2ccccc2-c2ncc[nH]2)n(C2CCCCC2)n1. The van der Waals surface area contributed by atoms with Crippen LogP contribution in [0.25, 0.3) is 22.8 Å². The van der Waals surface area contributed by atoms with Gasteiger partial charge in [-0.3, -0.25) is 0 Å². The minimum atomic E-state index is 0.423. The van der Waals surface area contributed by atoms with Crippen LogP contribution in [0.4, 0.5) is 0 Å². The number of aromatic amines is 1. The molecule has 1 fully saturated rings. The van der Waals surface area contributed by atoms with Gasteiger partial charge in [0, 0.05) is 37.1 Å². The van der Waals surface area contributed by atoms with E-state index in [1.54, 1.807) is 13.3 Å². The summed E-state index contributed by atoms with van der Waals surface area (Å²) in [4.78, 5) is 12.5. The Morgan fingerprint density at radius 3 is 2.69 bits per heavy atom. The van der Waals surface area contributed by atoms with E-state index in [1.165, 1.54) is 32.1 Å². The molecular weight excluding hydrogens is 326 g/mol. The van der Waals surface area contributed by atoms with Gasteiger partial charge < -0.3 is 9.72 Å². The van der Waals surface area contributed by atoms with Crippen LogP contribution in [-0.2, 0) is 11.2 Å². The Morgan fingerprint density at radius 2 is 1.96 bits per heavy atom. The number of imidazole rings is 1. The van der Waals surface area contributed by atoms with E-state index in [4.69, 9.17) is 14.8 Å². The van der Waals surface area contributed by atoms with Crippen molar-refractivity contribution in [3.63, 3.8) is 0 Å². The minimum Gasteiger partial charge on any atom is -0.384 e. The fourth-order valence-electron chi connectivity index (χ4n) is 3.73. The number of H-pyrrole nitrogens is 1. The van der Waals surface area contributed by atoms with Crippen LogP contribution >= 0.6 is 0 Å². The third-order valence-electron chi connectivity index (χ3n) is 5.05. The Kier molecular flexibility index (Phi) is 5.11. The Balaban J connectivity index is 1.79. The number of nitrogens with zero attached hydrogens (tertiary/aromatic N) is 4. The van der Waals surface area contributed by atoms with Crippen molar-refractivity contribution in [2.24, 2.45) is 0 Å². The lowest BCUT2D eigenvalue weighted by Crippen LogP contribution is -2.16. The Hall–Kier alpha value is -2.47. The second-order valence-corrected chi connectivity index (χ2v) is 6.81. The first kappa shape index (κ1) is 17.0. The molecule has 0 aliphatic heterocycles. The zero-order valence-corrected chi connectivity index (χ0v) is 15.2. The molecule has 136 valence electrons. The predicted octanol–water partition coefficient (Wildman–Crippen LogP) is 4.03. The number of benzene rings is 1. The lowest BCUT2D eigenvalue weighted by atomic mass is 9.95. The zero-order chi connectivity index (χ0) is 17.8. The van der Waals surface area contributed by atoms with E-state index in [2.05, 4.69) is 32.8 Å². The van der Waals surface area contributed by atoms with Gasteiger partial charge in [-0.05, 0) is 12.8 Å². The molecule has 2 aromatic heterocycles. The quantitative estimate of drug-likeness (QED) is 0.728. The summed E-state index contributed by atoms with van der Waals surface area (Å²) in [6, 6.07) is 8.71. The number of aromatic nitrogens is 5. The molecule has 0 spiro atoms. The lowest BCUT2D eigenvalue weighted by molar-refractivity contribution is 0.200. The summed E-state index contributed by atoms with van der Waals surface area (Å²) < 4.78 is 7.38. The highest BCUT2D eigenvalue weighted by Gasteiger charge is 2.23. The molecule has 1 N–H and O–H groups in total. The maximum absolute atomic E-state index is 5.22. The Labute approximate surface area is 153 Å². The lowest BCUT2D eigenvalue weighted by Gasteiger charge is -2.23. The first-order valence-electron chi connectivity index (χ1n) is 9.40. The van der Waals surface area contributed by atoms with Crippen molar-refractivity contribution >= 4 is 0 Å². The van der Waals surface area contributed by atoms with E-state index in [1.807, 2.05) is 12.3 Å². The van der Waals surface area contributed by atoms with Crippen LogP contribution in [0.15, 0.2) is 36.7 Å². The summed E-state index contributed by atoms with van der Waals surface area (Å²) in [7, 11) is 1.71. The molecule has 0 unspecified atom stereocenters. The molecule has 1 aliphatic rings. The number of hydrogen-bond donors (Lipinski definition) is 1. The van der Waals surface area contributed by atoms with Gasteiger partial charge in [0.15, 0.2) is 11.6 Å². The molecule has 0 bridgehead atoms. The van der Waals surface area contributed by atoms with Gasteiger partial charge in [0.1, 0.15) is 5.82 Å². The van der Waals surface area contributed by atoms with Crippen molar-refractivity contribution in [3.8, 4) is 22.8 Å². The summed E-state index contributed by atoms with van der Waals surface area (Å²) in [5, 5.41) is 4.87. The topological polar surface area (TPSA) is 68.6 Å². The number of ether oxygens (including phenoxy) is 1. The van der Waals surface area contributed by atoms with Gasteiger partial charge in [-0.2, -0.15) is 5.10 Å². The smallest absolute Gasteiger partial charge is 0.159 e. The molecule has 26 heavy (non-hydrogen) atoms. The van der Waals surface area contributed by atoms with Crippen molar-refractivity contribution in [2.75, 3.05) is 13.7 Å². The summed E-state index contributed by atoms with van der Waals surface area (Å²) in [5.41, 5.74) is 2.13. The third kappa shape index (κ3) is 3.42. The van der Waals surface area contributed by atoms with Crippen molar-refractivity contribution in [2.45, 2.75) is 44.6 Å². The zero-order valence-electron chi connectivity index (χ0n) is 15.2. The van der Waals surface area contributed by atoms with Crippen molar-refractivity contribution in [1.82, 2.24) is 24.7 Å². The van der Waals surface area contributed by atoms with Crippen molar-refractivity contribution in [1.29, 1.82) is 0 Å². The number of rotatable bonds is 6. The molecule has 0 radical (unpaired) electrons. The summed E-state index contributed by atoms with van der Waals surface area (Å²) in [6.45, 7) is 0.633. The third-order valence-corrected chi connectivity index (χ3v) is 5.05. The highest BCUT2D eigenvalue weighted by atomic mass is 16.5. The van der Waals surface area contributed by atoms with Gasteiger partial charge >= 0.3 is 0 Å². The molecule has 0 atom stereocenters. The molecule has 1 saturated carbocycles. The van der Waals surface area contributed by atoms with Gasteiger partial charge in [0.2, 0.25) is 0 Å². The standard InChI is InChI=1S/C20H25N5O/c1-26-14-11-18-23-20(25(24-18)15-7-3-2-4-8-15)17-10-6-5-9-16(17)19-21-12-13-22-19/h5-6,9-10,12-13,15H,2-4,7-8,11,14H2,1H3,(H,21,22). The van der Waals surface area contributed by atoms with Crippen molar-refractivity contribution < 1.29 is 4.74 Å². The molecule has 1 aromatic carbocycles. The normalized spacial score (nSPS) is 15.4. The average Bonchev–Trinajstić information content (AvgIpc) is 3.37. The van der Waals surface area contributed by atoms with Gasteiger partial charge in [-0.25, -0.2) is 14.6 Å². The van der Waals surface area contributed by atoms with E-state index >= 15 is 0 Å². The molecule has 6 heteroatoms. The van der Waals surface area contributed by atoms with Crippen LogP contribution in [0.1, 0.15) is 44.0 Å². The fraction of sp³-hybridized carbons (Fsp3) is 0.450. The Bertz CT molecular complexity index is 834. The van der Waals surface area contributed by atoms with Crippen LogP contribution in [0, 0.1) is 0 Å². The molecule has 0 amide bonds. The van der Waals surface area contributed by atoms with Crippen LogP contribution in [0.3, 0.4) is 0 Å². The maximum atomic E-state index is 5.22. The monoisotopic (exact) mass is 351 g/mol. The van der Waals surface area contributed by atoms with E-state index in [-0.39, 0.29) is 0 Å². The molecule has 6 nitrogen and oxygen atoms in total. The van der Waals surface area contributed by atoms with Crippen LogP contribution in [0.5, 0.6) is 0 Å². The highest BCUT2D eigenvalue weighted by molar-refractivity contribution is 5.77. The molecule has 0 saturated heterocycles. The van der Waals surface area contributed by atoms with Crippen LogP contribution in [0.2, 0.25) is 0 Å². The average molecular weight is 351 g/mol. The van der Waals surface area contributed by atoms with E-state index < -0.39 is 0 Å². The van der Waals surface area contributed by atoms with Gasteiger partial charge in [-0.15, -0.1) is 0 Å². The second kappa shape index (κ2) is 7.83. The first-order chi connectivity index (χ1) is 12.9. The minimum absolute atomic E-state index is 0.423. The van der Waals surface area contributed by atoms with E-state index in [0.29, 0.717) is 12.6 Å². The molecule has 4 rings (SSSR count). The molecule has 2 heterocycles. The highest BCUT2D eigenvalue weighted by Crippen LogP contribution is 2.34. The van der Waals surface area contributed by atoms with Gasteiger partial charge in [-0.1, -0.05) is 43.5 Å². The second-order valence-electron chi connectivity index (χ2n) is 6.81. The van der Waals surface area contributed by atoms with Gasteiger partial charge in [0.05, 0.1) is 12.6 Å². The van der Waals surface area contributed by atoms with E-state index in [0.717, 1.165) is 35.0 Å². The van der Waals surface area contributed by atoms with Crippen LogP contribution < -0.4 is 0 Å². The largest absolute Gasteiger partial charge is 0.384 e. The fourth-order valence-corrected chi connectivity index (χ4v) is 3.73. The maximum Gasteiger partial charge on any atom is 0.159 e. The van der Waals surface area contributed by atoms with E-state index in [9.17, 15) is 0 Å². The number of nitrogens with one attached hydrogen (secondary N) is 1. The summed E-state index contributed by atoms with van der Waals surface area (Å²) >= 11 is 0. The number of methoxy groups -OCH3 is 1. The van der Waals surface area contributed by atoms with Crippen LogP contribution in [-0.4, -0.2) is 38.4 Å². The molecular formula is C20H25N5O. The molecule has 1 aliphatic carbocycles. The summed E-state index contributed by atoms with van der Waals surface area (Å²) in [6.07, 6.45) is 10.5. The number of hydrogen-bond acceptors (Lipinski definition) is 4. The Morgan fingerprint density at radius 1 is 1.15 bits per heavy atom. The predicted molar refractivity (Wildman–Crippen MR) is 101 cm³/mol. The first-order valence-corrected chi connectivity index (χ1v) is 9.40. The molecule has 3 aromatic rings. The van der Waals surface area contributed by atoms with Gasteiger partial charge in [0.25, 0.3) is 0 Å². The summed E-state index contributed by atoms with van der Waals surface area (Å²) in [5.74, 6) is 2.65.